The van der Waals surface area contributed by atoms with Gasteiger partial charge < -0.3 is 11.1 Å². The summed E-state index contributed by atoms with van der Waals surface area (Å²) in [5.41, 5.74) is 8.80. The fourth-order valence-corrected chi connectivity index (χ4v) is 3.19. The Morgan fingerprint density at radius 1 is 1.09 bits per heavy atom. The zero-order chi connectivity index (χ0) is 15.4. The van der Waals surface area contributed by atoms with E-state index in [-0.39, 0.29) is 0 Å². The van der Waals surface area contributed by atoms with Crippen LogP contribution in [0.2, 0.25) is 5.02 Å². The van der Waals surface area contributed by atoms with Crippen molar-refractivity contribution in [2.75, 3.05) is 24.1 Å². The van der Waals surface area contributed by atoms with Crippen molar-refractivity contribution in [2.45, 2.75) is 25.4 Å². The topological polar surface area (TPSA) is 41.3 Å². The molecule has 0 saturated carbocycles. The van der Waals surface area contributed by atoms with Gasteiger partial charge in [-0.1, -0.05) is 41.9 Å². The summed E-state index contributed by atoms with van der Waals surface area (Å²) in [6, 6.07) is 16.8. The molecule has 1 aliphatic rings. The van der Waals surface area contributed by atoms with Crippen LogP contribution in [0, 0.1) is 0 Å². The Morgan fingerprint density at radius 3 is 2.50 bits per heavy atom. The van der Waals surface area contributed by atoms with Gasteiger partial charge in [0.15, 0.2) is 0 Å². The zero-order valence-electron chi connectivity index (χ0n) is 12.6. The Morgan fingerprint density at radius 2 is 1.82 bits per heavy atom. The quantitative estimate of drug-likeness (QED) is 0.838. The van der Waals surface area contributed by atoms with Gasteiger partial charge in [0.1, 0.15) is 0 Å². The number of piperidine rings is 1. The first-order valence-corrected chi connectivity index (χ1v) is 8.16. The van der Waals surface area contributed by atoms with Crippen molar-refractivity contribution >= 4 is 23.0 Å². The van der Waals surface area contributed by atoms with Gasteiger partial charge in [-0.15, -0.1) is 0 Å². The molecule has 1 aliphatic heterocycles. The maximum Gasteiger partial charge on any atom is 0.0658 e. The molecule has 1 heterocycles. The minimum absolute atomic E-state index is 0.480. The highest BCUT2D eigenvalue weighted by Crippen LogP contribution is 2.26. The number of anilines is 2. The number of nitrogen functional groups attached to an aromatic ring is 1. The van der Waals surface area contributed by atoms with Crippen LogP contribution in [0.5, 0.6) is 0 Å². The molecular formula is C18H22ClN3. The van der Waals surface area contributed by atoms with E-state index < -0.39 is 0 Å². The summed E-state index contributed by atoms with van der Waals surface area (Å²) in [5, 5.41) is 4.25. The molecule has 0 amide bonds. The molecule has 0 spiro atoms. The molecule has 1 saturated heterocycles. The summed E-state index contributed by atoms with van der Waals surface area (Å²) in [7, 11) is 0. The number of hydrogen-bond acceptors (Lipinski definition) is 3. The van der Waals surface area contributed by atoms with Crippen molar-refractivity contribution in [3.05, 3.63) is 59.1 Å². The third-order valence-corrected chi connectivity index (χ3v) is 4.50. The van der Waals surface area contributed by atoms with E-state index in [9.17, 15) is 0 Å². The highest BCUT2D eigenvalue weighted by atomic mass is 35.5. The van der Waals surface area contributed by atoms with Crippen LogP contribution in [0.15, 0.2) is 48.5 Å². The largest absolute Gasteiger partial charge is 0.399 e. The van der Waals surface area contributed by atoms with Crippen molar-refractivity contribution in [1.82, 2.24) is 4.90 Å². The highest BCUT2D eigenvalue weighted by Gasteiger charge is 2.19. The fraction of sp³-hybridized carbons (Fsp3) is 0.333. The molecule has 0 unspecified atom stereocenters. The van der Waals surface area contributed by atoms with Gasteiger partial charge >= 0.3 is 0 Å². The molecule has 22 heavy (non-hydrogen) atoms. The van der Waals surface area contributed by atoms with Crippen LogP contribution in [-0.2, 0) is 6.54 Å². The van der Waals surface area contributed by atoms with Crippen LogP contribution in [0.4, 0.5) is 11.4 Å². The third kappa shape index (κ3) is 3.93. The Balaban J connectivity index is 1.51. The van der Waals surface area contributed by atoms with Crippen LogP contribution in [0.25, 0.3) is 0 Å². The van der Waals surface area contributed by atoms with E-state index in [4.69, 9.17) is 17.3 Å². The minimum Gasteiger partial charge on any atom is -0.399 e. The van der Waals surface area contributed by atoms with Crippen LogP contribution >= 0.6 is 11.6 Å². The lowest BCUT2D eigenvalue weighted by Crippen LogP contribution is -2.38. The zero-order valence-corrected chi connectivity index (χ0v) is 13.4. The second-order valence-electron chi connectivity index (χ2n) is 5.92. The van der Waals surface area contributed by atoms with E-state index in [1.165, 1.54) is 5.56 Å². The van der Waals surface area contributed by atoms with E-state index in [0.717, 1.165) is 38.2 Å². The molecule has 0 aromatic heterocycles. The smallest absolute Gasteiger partial charge is 0.0658 e. The van der Waals surface area contributed by atoms with Gasteiger partial charge in [0.2, 0.25) is 0 Å². The van der Waals surface area contributed by atoms with E-state index in [0.29, 0.717) is 16.8 Å². The monoisotopic (exact) mass is 315 g/mol. The fourth-order valence-electron chi connectivity index (χ4n) is 2.95. The first-order valence-electron chi connectivity index (χ1n) is 7.78. The molecule has 2 aromatic rings. The maximum atomic E-state index is 6.23. The van der Waals surface area contributed by atoms with E-state index in [2.05, 4.69) is 40.5 Å². The molecule has 1 fully saturated rings. The standard InChI is InChI=1S/C18H22ClN3/c19-17-12-15(20)6-7-18(17)21-16-8-10-22(11-9-16)13-14-4-2-1-3-5-14/h1-7,12,16,21H,8-11,13,20H2. The summed E-state index contributed by atoms with van der Waals surface area (Å²) in [6.07, 6.45) is 2.26. The lowest BCUT2D eigenvalue weighted by Gasteiger charge is -2.33. The summed E-state index contributed by atoms with van der Waals surface area (Å²) in [4.78, 5) is 2.51. The lowest BCUT2D eigenvalue weighted by atomic mass is 10.0. The highest BCUT2D eigenvalue weighted by molar-refractivity contribution is 6.33. The molecule has 116 valence electrons. The van der Waals surface area contributed by atoms with Gasteiger partial charge in [0.05, 0.1) is 10.7 Å². The SMILES string of the molecule is Nc1ccc(NC2CCN(Cc3ccccc3)CC2)c(Cl)c1. The summed E-state index contributed by atoms with van der Waals surface area (Å²) in [6.45, 7) is 3.26. The van der Waals surface area contributed by atoms with Crippen LogP contribution < -0.4 is 11.1 Å². The average molecular weight is 316 g/mol. The van der Waals surface area contributed by atoms with E-state index in [1.807, 2.05) is 12.1 Å². The summed E-state index contributed by atoms with van der Waals surface area (Å²) >= 11 is 6.23. The number of rotatable bonds is 4. The van der Waals surface area contributed by atoms with E-state index >= 15 is 0 Å². The molecule has 3 N–H and O–H groups in total. The second-order valence-corrected chi connectivity index (χ2v) is 6.33. The van der Waals surface area contributed by atoms with Crippen molar-refractivity contribution in [3.8, 4) is 0 Å². The molecular weight excluding hydrogens is 294 g/mol. The molecule has 0 aliphatic carbocycles. The molecule has 3 nitrogen and oxygen atoms in total. The van der Waals surface area contributed by atoms with Crippen LogP contribution in [0.3, 0.4) is 0 Å². The lowest BCUT2D eigenvalue weighted by molar-refractivity contribution is 0.211. The van der Waals surface area contributed by atoms with Crippen molar-refractivity contribution in [3.63, 3.8) is 0 Å². The van der Waals surface area contributed by atoms with E-state index in [1.54, 1.807) is 6.07 Å². The number of likely N-dealkylation sites (tertiary alicyclic amines) is 1. The second kappa shape index (κ2) is 7.03. The van der Waals surface area contributed by atoms with Crippen LogP contribution in [-0.4, -0.2) is 24.0 Å². The van der Waals surface area contributed by atoms with Gasteiger partial charge in [-0.05, 0) is 36.6 Å². The first-order chi connectivity index (χ1) is 10.7. The molecule has 0 bridgehead atoms. The average Bonchev–Trinajstić information content (AvgIpc) is 2.53. The maximum absolute atomic E-state index is 6.23. The van der Waals surface area contributed by atoms with Crippen molar-refractivity contribution < 1.29 is 0 Å². The number of halogens is 1. The molecule has 0 atom stereocenters. The predicted molar refractivity (Wildman–Crippen MR) is 94.2 cm³/mol. The van der Waals surface area contributed by atoms with Gasteiger partial charge in [-0.2, -0.15) is 0 Å². The Hall–Kier alpha value is -1.71. The third-order valence-electron chi connectivity index (χ3n) is 4.19. The first kappa shape index (κ1) is 15.2. The van der Waals surface area contributed by atoms with Crippen molar-refractivity contribution in [2.24, 2.45) is 0 Å². The number of benzene rings is 2. The Bertz CT molecular complexity index is 607. The van der Waals surface area contributed by atoms with Gasteiger partial charge in [-0.25, -0.2) is 0 Å². The van der Waals surface area contributed by atoms with Crippen LogP contribution in [0.1, 0.15) is 18.4 Å². The summed E-state index contributed by atoms with van der Waals surface area (Å²) < 4.78 is 0. The predicted octanol–water partition coefficient (Wildman–Crippen LogP) is 4.00. The van der Waals surface area contributed by atoms with Gasteiger partial charge in [0, 0.05) is 31.4 Å². The number of nitrogens with one attached hydrogen (secondary N) is 1. The van der Waals surface area contributed by atoms with Crippen molar-refractivity contribution in [1.29, 1.82) is 0 Å². The number of hydrogen-bond donors (Lipinski definition) is 2. The molecule has 3 rings (SSSR count). The number of nitrogens with two attached hydrogens (primary N) is 1. The molecule has 0 radical (unpaired) electrons. The Kier molecular flexibility index (Phi) is 4.86. The number of nitrogens with zero attached hydrogens (tertiary/aromatic N) is 1. The van der Waals surface area contributed by atoms with Gasteiger partial charge in [0.25, 0.3) is 0 Å². The Labute approximate surface area is 137 Å². The molecule has 2 aromatic carbocycles. The molecule has 4 heteroatoms. The minimum atomic E-state index is 0.480. The van der Waals surface area contributed by atoms with Gasteiger partial charge in [-0.3, -0.25) is 4.90 Å². The summed E-state index contributed by atoms with van der Waals surface area (Å²) in [5.74, 6) is 0. The normalized spacial score (nSPS) is 16.6.